The van der Waals surface area contributed by atoms with E-state index in [2.05, 4.69) is 29.4 Å². The molecule has 100 valence electrons. The van der Waals surface area contributed by atoms with E-state index >= 15 is 0 Å². The van der Waals surface area contributed by atoms with Gasteiger partial charge in [-0.3, -0.25) is 9.69 Å². The fraction of sp³-hybridized carbons (Fsp3) is 0.923. The maximum absolute atomic E-state index is 12.0. The van der Waals surface area contributed by atoms with Gasteiger partial charge in [0.05, 0.1) is 6.04 Å². The molecule has 0 bridgehead atoms. The number of nitrogens with one attached hydrogen (secondary N) is 2. The van der Waals surface area contributed by atoms with Crippen LogP contribution in [0.25, 0.3) is 0 Å². The average Bonchev–Trinajstić information content (AvgIpc) is 2.39. The zero-order valence-corrected chi connectivity index (χ0v) is 11.5. The van der Waals surface area contributed by atoms with Gasteiger partial charge in [0.25, 0.3) is 0 Å². The van der Waals surface area contributed by atoms with Crippen molar-refractivity contribution in [3.8, 4) is 0 Å². The van der Waals surface area contributed by atoms with Crippen molar-refractivity contribution in [2.45, 2.75) is 39.7 Å². The minimum Gasteiger partial charge on any atom is -0.354 e. The van der Waals surface area contributed by atoms with Crippen LogP contribution in [0.15, 0.2) is 0 Å². The fourth-order valence-corrected chi connectivity index (χ4v) is 2.21. The van der Waals surface area contributed by atoms with E-state index in [-0.39, 0.29) is 11.9 Å². The standard InChI is InChI=1S/C13H27N3O/c1-4-12(5-2)10-15-13(17)11(3)16-8-6-14-7-9-16/h11-12,14H,4-10H2,1-3H3,(H,15,17). The van der Waals surface area contributed by atoms with Crippen LogP contribution >= 0.6 is 0 Å². The first kappa shape index (κ1) is 14.5. The van der Waals surface area contributed by atoms with Crippen LogP contribution in [0.4, 0.5) is 0 Å². The van der Waals surface area contributed by atoms with E-state index in [0.29, 0.717) is 5.92 Å². The Labute approximate surface area is 105 Å². The van der Waals surface area contributed by atoms with E-state index in [4.69, 9.17) is 0 Å². The summed E-state index contributed by atoms with van der Waals surface area (Å²) in [6, 6.07) is 0.00598. The summed E-state index contributed by atoms with van der Waals surface area (Å²) < 4.78 is 0. The van der Waals surface area contributed by atoms with E-state index in [1.54, 1.807) is 0 Å². The lowest BCUT2D eigenvalue weighted by molar-refractivity contribution is -0.126. The molecule has 1 aliphatic heterocycles. The molecule has 1 atom stereocenters. The Morgan fingerprint density at radius 3 is 2.41 bits per heavy atom. The first-order chi connectivity index (χ1) is 8.19. The summed E-state index contributed by atoms with van der Waals surface area (Å²) in [6.07, 6.45) is 2.28. The Morgan fingerprint density at radius 1 is 1.29 bits per heavy atom. The van der Waals surface area contributed by atoms with Gasteiger partial charge < -0.3 is 10.6 Å². The van der Waals surface area contributed by atoms with Crippen LogP contribution in [0.3, 0.4) is 0 Å². The van der Waals surface area contributed by atoms with E-state index < -0.39 is 0 Å². The van der Waals surface area contributed by atoms with Crippen molar-refractivity contribution in [2.24, 2.45) is 5.92 Å². The first-order valence-corrected chi connectivity index (χ1v) is 6.91. The van der Waals surface area contributed by atoms with E-state index in [9.17, 15) is 4.79 Å². The van der Waals surface area contributed by atoms with Crippen LogP contribution in [0.5, 0.6) is 0 Å². The van der Waals surface area contributed by atoms with Gasteiger partial charge in [0.1, 0.15) is 0 Å². The fourth-order valence-electron chi connectivity index (χ4n) is 2.21. The smallest absolute Gasteiger partial charge is 0.237 e. The summed E-state index contributed by atoms with van der Waals surface area (Å²) in [5.74, 6) is 0.799. The summed E-state index contributed by atoms with van der Waals surface area (Å²) in [5.41, 5.74) is 0. The molecule has 1 rings (SSSR count). The molecule has 1 amide bonds. The second kappa shape index (κ2) is 7.67. The zero-order chi connectivity index (χ0) is 12.7. The van der Waals surface area contributed by atoms with E-state index in [0.717, 1.165) is 45.6 Å². The Hall–Kier alpha value is -0.610. The highest BCUT2D eigenvalue weighted by Crippen LogP contribution is 2.06. The lowest BCUT2D eigenvalue weighted by Crippen LogP contribution is -2.53. The Morgan fingerprint density at radius 2 is 1.88 bits per heavy atom. The molecule has 1 aliphatic rings. The van der Waals surface area contributed by atoms with Gasteiger partial charge in [-0.25, -0.2) is 0 Å². The van der Waals surface area contributed by atoms with Crippen LogP contribution < -0.4 is 10.6 Å². The summed E-state index contributed by atoms with van der Waals surface area (Å²) in [7, 11) is 0. The number of amides is 1. The van der Waals surface area contributed by atoms with Crippen LogP contribution in [-0.2, 0) is 4.79 Å². The average molecular weight is 241 g/mol. The van der Waals surface area contributed by atoms with Crippen LogP contribution in [0.1, 0.15) is 33.6 Å². The number of rotatable bonds is 6. The van der Waals surface area contributed by atoms with Crippen molar-refractivity contribution >= 4 is 5.91 Å². The number of hydrogen-bond donors (Lipinski definition) is 2. The predicted octanol–water partition coefficient (Wildman–Crippen LogP) is 0.833. The maximum Gasteiger partial charge on any atom is 0.237 e. The van der Waals surface area contributed by atoms with Gasteiger partial charge in [0.2, 0.25) is 5.91 Å². The minimum atomic E-state index is 0.00598. The maximum atomic E-state index is 12.0. The van der Waals surface area contributed by atoms with Crippen molar-refractivity contribution in [2.75, 3.05) is 32.7 Å². The number of piperazine rings is 1. The number of carbonyl (C=O) groups is 1. The summed E-state index contributed by atoms with van der Waals surface area (Å²) in [5, 5.41) is 6.38. The molecule has 1 saturated heterocycles. The SMILES string of the molecule is CCC(CC)CNC(=O)C(C)N1CCNCC1. The third kappa shape index (κ3) is 4.64. The van der Waals surface area contributed by atoms with Crippen molar-refractivity contribution in [1.82, 2.24) is 15.5 Å². The van der Waals surface area contributed by atoms with Crippen LogP contribution in [0.2, 0.25) is 0 Å². The Bertz CT molecular complexity index is 223. The molecule has 0 radical (unpaired) electrons. The summed E-state index contributed by atoms with van der Waals surface area (Å²) in [4.78, 5) is 14.3. The van der Waals surface area contributed by atoms with Gasteiger partial charge in [0, 0.05) is 32.7 Å². The molecule has 0 aromatic rings. The normalized spacial score (nSPS) is 19.3. The van der Waals surface area contributed by atoms with Crippen LogP contribution in [0, 0.1) is 5.92 Å². The topological polar surface area (TPSA) is 44.4 Å². The monoisotopic (exact) mass is 241 g/mol. The first-order valence-electron chi connectivity index (χ1n) is 6.91. The zero-order valence-electron chi connectivity index (χ0n) is 11.5. The van der Waals surface area contributed by atoms with Crippen molar-refractivity contribution in [3.63, 3.8) is 0 Å². The van der Waals surface area contributed by atoms with Gasteiger partial charge in [-0.2, -0.15) is 0 Å². The molecule has 1 unspecified atom stereocenters. The molecule has 4 heteroatoms. The largest absolute Gasteiger partial charge is 0.354 e. The van der Waals surface area contributed by atoms with E-state index in [1.165, 1.54) is 0 Å². The molecular weight excluding hydrogens is 214 g/mol. The van der Waals surface area contributed by atoms with Crippen molar-refractivity contribution in [1.29, 1.82) is 0 Å². The van der Waals surface area contributed by atoms with E-state index in [1.807, 2.05) is 6.92 Å². The molecule has 0 aromatic heterocycles. The third-order valence-corrected chi connectivity index (χ3v) is 3.80. The highest BCUT2D eigenvalue weighted by molar-refractivity contribution is 5.81. The van der Waals surface area contributed by atoms with Crippen LogP contribution in [-0.4, -0.2) is 49.6 Å². The number of hydrogen-bond acceptors (Lipinski definition) is 3. The lowest BCUT2D eigenvalue weighted by Gasteiger charge is -2.32. The van der Waals surface area contributed by atoms with Gasteiger partial charge >= 0.3 is 0 Å². The minimum absolute atomic E-state index is 0.00598. The highest BCUT2D eigenvalue weighted by Gasteiger charge is 2.22. The number of carbonyl (C=O) groups excluding carboxylic acids is 1. The third-order valence-electron chi connectivity index (χ3n) is 3.80. The highest BCUT2D eigenvalue weighted by atomic mass is 16.2. The second-order valence-electron chi connectivity index (χ2n) is 4.89. The Kier molecular flexibility index (Phi) is 6.52. The van der Waals surface area contributed by atoms with Crippen molar-refractivity contribution in [3.05, 3.63) is 0 Å². The molecule has 4 nitrogen and oxygen atoms in total. The molecule has 17 heavy (non-hydrogen) atoms. The number of nitrogens with zero attached hydrogens (tertiary/aromatic N) is 1. The molecule has 1 fully saturated rings. The molecule has 1 heterocycles. The van der Waals surface area contributed by atoms with Gasteiger partial charge in [0.15, 0.2) is 0 Å². The summed E-state index contributed by atoms with van der Waals surface area (Å²) in [6.45, 7) is 11.1. The van der Waals surface area contributed by atoms with Gasteiger partial charge in [-0.15, -0.1) is 0 Å². The predicted molar refractivity (Wildman–Crippen MR) is 71.0 cm³/mol. The van der Waals surface area contributed by atoms with Gasteiger partial charge in [-0.05, 0) is 12.8 Å². The molecule has 0 aliphatic carbocycles. The Balaban J connectivity index is 2.30. The molecule has 2 N–H and O–H groups in total. The second-order valence-corrected chi connectivity index (χ2v) is 4.89. The summed E-state index contributed by atoms with van der Waals surface area (Å²) >= 11 is 0. The molecule has 0 saturated carbocycles. The molecular formula is C13H27N3O. The van der Waals surface area contributed by atoms with Crippen molar-refractivity contribution < 1.29 is 4.79 Å². The quantitative estimate of drug-likeness (QED) is 0.724. The molecule has 0 spiro atoms. The molecule has 0 aromatic carbocycles. The van der Waals surface area contributed by atoms with Gasteiger partial charge in [-0.1, -0.05) is 26.7 Å². The lowest BCUT2D eigenvalue weighted by atomic mass is 10.0.